The maximum atomic E-state index is 12.1. The Morgan fingerprint density at radius 1 is 1.22 bits per heavy atom. The predicted octanol–water partition coefficient (Wildman–Crippen LogP) is 2.18. The fourth-order valence-electron chi connectivity index (χ4n) is 2.83. The summed E-state index contributed by atoms with van der Waals surface area (Å²) in [6.45, 7) is 1.96. The second-order valence-electron chi connectivity index (χ2n) is 5.56. The third kappa shape index (κ3) is 3.13. The van der Waals surface area contributed by atoms with Gasteiger partial charge in [0.15, 0.2) is 5.96 Å². The molecule has 0 aliphatic heterocycles. The fraction of sp³-hybridized carbons (Fsp3) is 0.167. The van der Waals surface area contributed by atoms with Gasteiger partial charge in [0.1, 0.15) is 0 Å². The lowest BCUT2D eigenvalue weighted by Gasteiger charge is -2.19. The lowest BCUT2D eigenvalue weighted by molar-refractivity contribution is 0.100. The van der Waals surface area contributed by atoms with Crippen LogP contribution in [0.4, 0.5) is 0 Å². The average Bonchev–Trinajstić information content (AvgIpc) is 2.53. The number of carbonyl (C=O) groups is 1. The molecular formula is C18H18N4O. The van der Waals surface area contributed by atoms with E-state index in [-0.39, 0.29) is 5.96 Å². The number of hydrogen-bond donors (Lipinski definition) is 2. The molecule has 2 aromatic rings. The minimum absolute atomic E-state index is 0.228. The van der Waals surface area contributed by atoms with Gasteiger partial charge in [-0.05, 0) is 66.3 Å². The molecule has 0 saturated carbocycles. The first kappa shape index (κ1) is 15.0. The van der Waals surface area contributed by atoms with Crippen LogP contribution in [0.5, 0.6) is 0 Å². The Labute approximate surface area is 134 Å². The molecule has 1 aliphatic carbocycles. The van der Waals surface area contributed by atoms with Crippen molar-refractivity contribution in [2.45, 2.75) is 19.8 Å². The van der Waals surface area contributed by atoms with E-state index in [0.29, 0.717) is 5.56 Å². The number of pyridine rings is 1. The van der Waals surface area contributed by atoms with Crippen molar-refractivity contribution in [3.63, 3.8) is 0 Å². The summed E-state index contributed by atoms with van der Waals surface area (Å²) in [7, 11) is 0. The van der Waals surface area contributed by atoms with Gasteiger partial charge in [0.2, 0.25) is 0 Å². The normalized spacial score (nSPS) is 13.0. The van der Waals surface area contributed by atoms with Gasteiger partial charge in [-0.15, -0.1) is 0 Å². The number of guanidine groups is 1. The van der Waals surface area contributed by atoms with E-state index in [4.69, 9.17) is 11.5 Å². The van der Waals surface area contributed by atoms with E-state index in [1.165, 1.54) is 5.56 Å². The van der Waals surface area contributed by atoms with Crippen LogP contribution >= 0.6 is 0 Å². The van der Waals surface area contributed by atoms with Crippen molar-refractivity contribution >= 4 is 17.4 Å². The molecule has 0 atom stereocenters. The van der Waals surface area contributed by atoms with Crippen LogP contribution in [0, 0.1) is 6.92 Å². The van der Waals surface area contributed by atoms with Crippen LogP contribution in [0.15, 0.2) is 47.6 Å². The van der Waals surface area contributed by atoms with Crippen molar-refractivity contribution in [1.82, 2.24) is 4.98 Å². The molecule has 5 heteroatoms. The van der Waals surface area contributed by atoms with E-state index in [0.717, 1.165) is 35.2 Å². The third-order valence-corrected chi connectivity index (χ3v) is 3.85. The number of amides is 1. The topological polar surface area (TPSA) is 94.4 Å². The molecule has 1 heterocycles. The summed E-state index contributed by atoms with van der Waals surface area (Å²) in [6, 6.07) is 9.65. The highest BCUT2D eigenvalue weighted by Gasteiger charge is 2.17. The molecule has 1 amide bonds. The lowest BCUT2D eigenvalue weighted by Crippen LogP contribution is -2.24. The average molecular weight is 306 g/mol. The first-order valence-corrected chi connectivity index (χ1v) is 7.45. The van der Waals surface area contributed by atoms with Crippen LogP contribution in [0.25, 0.3) is 5.57 Å². The Morgan fingerprint density at radius 2 is 2.04 bits per heavy atom. The number of aliphatic imine (C=N–C) groups is 1. The summed E-state index contributed by atoms with van der Waals surface area (Å²) in [4.78, 5) is 19.9. The molecule has 4 N–H and O–H groups in total. The number of fused-ring (bicyclic) bond motifs is 1. The summed E-state index contributed by atoms with van der Waals surface area (Å²) in [5.74, 6) is -0.656. The van der Waals surface area contributed by atoms with Crippen LogP contribution < -0.4 is 11.5 Å². The van der Waals surface area contributed by atoms with Crippen molar-refractivity contribution in [3.8, 4) is 0 Å². The van der Waals surface area contributed by atoms with E-state index < -0.39 is 5.91 Å². The van der Waals surface area contributed by atoms with Crippen molar-refractivity contribution in [2.24, 2.45) is 16.5 Å². The molecule has 5 nitrogen and oxygen atoms in total. The molecule has 1 aromatic carbocycles. The summed E-state index contributed by atoms with van der Waals surface area (Å²) in [5.41, 5.74) is 16.5. The van der Waals surface area contributed by atoms with Gasteiger partial charge in [-0.25, -0.2) is 0 Å². The number of nitrogens with two attached hydrogens (primary N) is 2. The number of aromatic nitrogens is 1. The molecule has 0 radical (unpaired) electrons. The van der Waals surface area contributed by atoms with E-state index in [1.807, 2.05) is 31.2 Å². The van der Waals surface area contributed by atoms with Gasteiger partial charge in [0.05, 0.1) is 0 Å². The van der Waals surface area contributed by atoms with E-state index in [9.17, 15) is 4.79 Å². The molecule has 1 aromatic heterocycles. The zero-order valence-corrected chi connectivity index (χ0v) is 12.9. The highest BCUT2D eigenvalue weighted by Crippen LogP contribution is 2.32. The Morgan fingerprint density at radius 3 is 2.78 bits per heavy atom. The second-order valence-corrected chi connectivity index (χ2v) is 5.56. The molecule has 3 rings (SSSR count). The maximum absolute atomic E-state index is 12.1. The number of allylic oxidation sites excluding steroid dienone is 1. The van der Waals surface area contributed by atoms with Crippen molar-refractivity contribution in [1.29, 1.82) is 0 Å². The quantitative estimate of drug-likeness (QED) is 0.657. The molecule has 0 spiro atoms. The van der Waals surface area contributed by atoms with Gasteiger partial charge in [-0.1, -0.05) is 12.1 Å². The minimum atomic E-state index is -0.427. The maximum Gasteiger partial charge on any atom is 0.280 e. The highest BCUT2D eigenvalue weighted by molar-refractivity contribution is 6.02. The SMILES string of the molecule is Cc1cc(C2=CCCc3ccc(C(=O)N=C(N)N)cc32)ccn1. The standard InChI is InChI=1S/C18H18N4O/c1-11-9-13(7-8-21-11)15-4-2-3-12-5-6-14(10-16(12)15)17(23)22-18(19)20/h4-10H,2-3H2,1H3,(H4,19,20,22,23). The van der Waals surface area contributed by atoms with E-state index in [2.05, 4.69) is 16.1 Å². The zero-order valence-electron chi connectivity index (χ0n) is 12.9. The molecular weight excluding hydrogens is 288 g/mol. The van der Waals surface area contributed by atoms with Crippen LogP contribution in [-0.4, -0.2) is 16.9 Å². The zero-order chi connectivity index (χ0) is 16.4. The van der Waals surface area contributed by atoms with Gasteiger partial charge in [0, 0.05) is 17.5 Å². The largest absolute Gasteiger partial charge is 0.370 e. The monoisotopic (exact) mass is 306 g/mol. The van der Waals surface area contributed by atoms with Crippen LogP contribution in [-0.2, 0) is 6.42 Å². The molecule has 0 bridgehead atoms. The molecule has 0 unspecified atom stereocenters. The van der Waals surface area contributed by atoms with Crippen LogP contribution in [0.3, 0.4) is 0 Å². The first-order chi connectivity index (χ1) is 11.0. The summed E-state index contributed by atoms with van der Waals surface area (Å²) >= 11 is 0. The van der Waals surface area contributed by atoms with Gasteiger partial charge in [-0.3, -0.25) is 9.78 Å². The Kier molecular flexibility index (Phi) is 3.93. The lowest BCUT2D eigenvalue weighted by atomic mass is 9.86. The highest BCUT2D eigenvalue weighted by atomic mass is 16.1. The molecule has 23 heavy (non-hydrogen) atoms. The Hall–Kier alpha value is -2.95. The molecule has 0 fully saturated rings. The van der Waals surface area contributed by atoms with E-state index in [1.54, 1.807) is 12.3 Å². The van der Waals surface area contributed by atoms with Crippen LogP contribution in [0.2, 0.25) is 0 Å². The minimum Gasteiger partial charge on any atom is -0.370 e. The van der Waals surface area contributed by atoms with Gasteiger partial charge in [0.25, 0.3) is 5.91 Å². The Balaban J connectivity index is 2.07. The van der Waals surface area contributed by atoms with Crippen molar-refractivity contribution in [2.75, 3.05) is 0 Å². The second kappa shape index (κ2) is 6.04. The summed E-state index contributed by atoms with van der Waals surface area (Å²) < 4.78 is 0. The molecule has 1 aliphatic rings. The number of nitrogens with zero attached hydrogens (tertiary/aromatic N) is 2. The number of aryl methyl sites for hydroxylation is 2. The van der Waals surface area contributed by atoms with Gasteiger partial charge in [-0.2, -0.15) is 4.99 Å². The van der Waals surface area contributed by atoms with Gasteiger partial charge >= 0.3 is 0 Å². The fourth-order valence-corrected chi connectivity index (χ4v) is 2.83. The third-order valence-electron chi connectivity index (χ3n) is 3.85. The number of benzene rings is 1. The van der Waals surface area contributed by atoms with Gasteiger partial charge < -0.3 is 11.5 Å². The smallest absolute Gasteiger partial charge is 0.280 e. The number of hydrogen-bond acceptors (Lipinski definition) is 2. The summed E-state index contributed by atoms with van der Waals surface area (Å²) in [6.07, 6.45) is 5.94. The number of carbonyl (C=O) groups excluding carboxylic acids is 1. The van der Waals surface area contributed by atoms with Crippen LogP contribution in [0.1, 0.15) is 39.2 Å². The van der Waals surface area contributed by atoms with Crippen molar-refractivity contribution in [3.05, 3.63) is 70.6 Å². The van der Waals surface area contributed by atoms with Crippen molar-refractivity contribution < 1.29 is 4.79 Å². The van der Waals surface area contributed by atoms with E-state index >= 15 is 0 Å². The molecule has 116 valence electrons. The summed E-state index contributed by atoms with van der Waals surface area (Å²) in [5, 5.41) is 0. The first-order valence-electron chi connectivity index (χ1n) is 7.45. The Bertz CT molecular complexity index is 833. The number of rotatable bonds is 2. The predicted molar refractivity (Wildman–Crippen MR) is 91.0 cm³/mol. The molecule has 0 saturated heterocycles.